The Kier molecular flexibility index (Phi) is 2.74. The van der Waals surface area contributed by atoms with Crippen molar-refractivity contribution < 1.29 is 0 Å². The molecule has 66 valence electrons. The second-order valence-electron chi connectivity index (χ2n) is 3.40. The first-order valence-electron chi connectivity index (χ1n) is 4.50. The highest BCUT2D eigenvalue weighted by Gasteiger charge is 2.02. The van der Waals surface area contributed by atoms with Gasteiger partial charge in [0.2, 0.25) is 0 Å². The SMILES string of the molecule is CCCc1c(C)cc(C)cc1N. The Morgan fingerprint density at radius 1 is 1.25 bits per heavy atom. The van der Waals surface area contributed by atoms with E-state index >= 15 is 0 Å². The smallest absolute Gasteiger partial charge is 0.0351 e. The standard InChI is InChI=1S/C11H17N/c1-4-5-10-9(3)6-8(2)7-11(10)12/h6-7H,4-5,12H2,1-3H3. The first kappa shape index (κ1) is 9.11. The molecule has 0 heterocycles. The van der Waals surface area contributed by atoms with Crippen molar-refractivity contribution in [1.29, 1.82) is 0 Å². The van der Waals surface area contributed by atoms with Crippen LogP contribution in [0.4, 0.5) is 5.69 Å². The number of aryl methyl sites for hydroxylation is 2. The third-order valence-electron chi connectivity index (χ3n) is 2.15. The van der Waals surface area contributed by atoms with Crippen molar-refractivity contribution in [3.8, 4) is 0 Å². The van der Waals surface area contributed by atoms with Crippen molar-refractivity contribution in [2.45, 2.75) is 33.6 Å². The minimum atomic E-state index is 0.953. The van der Waals surface area contributed by atoms with Crippen LogP contribution < -0.4 is 5.73 Å². The van der Waals surface area contributed by atoms with E-state index < -0.39 is 0 Å². The second kappa shape index (κ2) is 3.61. The molecule has 0 unspecified atom stereocenters. The maximum atomic E-state index is 5.91. The number of anilines is 1. The van der Waals surface area contributed by atoms with E-state index in [1.165, 1.54) is 16.7 Å². The van der Waals surface area contributed by atoms with Crippen LogP contribution in [-0.4, -0.2) is 0 Å². The molecule has 1 rings (SSSR count). The predicted molar refractivity (Wildman–Crippen MR) is 54.3 cm³/mol. The molecule has 0 atom stereocenters. The third kappa shape index (κ3) is 1.79. The Balaban J connectivity index is 3.10. The van der Waals surface area contributed by atoms with Gasteiger partial charge in [0.15, 0.2) is 0 Å². The molecule has 0 radical (unpaired) electrons. The van der Waals surface area contributed by atoms with Gasteiger partial charge in [0.25, 0.3) is 0 Å². The van der Waals surface area contributed by atoms with Gasteiger partial charge in [-0.15, -0.1) is 0 Å². The Morgan fingerprint density at radius 2 is 1.92 bits per heavy atom. The van der Waals surface area contributed by atoms with Crippen molar-refractivity contribution in [2.24, 2.45) is 0 Å². The van der Waals surface area contributed by atoms with Crippen molar-refractivity contribution in [1.82, 2.24) is 0 Å². The molecule has 2 N–H and O–H groups in total. The highest BCUT2D eigenvalue weighted by atomic mass is 14.6. The first-order chi connectivity index (χ1) is 5.65. The van der Waals surface area contributed by atoms with Gasteiger partial charge in [-0.3, -0.25) is 0 Å². The fourth-order valence-corrected chi connectivity index (χ4v) is 1.62. The topological polar surface area (TPSA) is 26.0 Å². The van der Waals surface area contributed by atoms with Gasteiger partial charge in [0.05, 0.1) is 0 Å². The zero-order valence-electron chi connectivity index (χ0n) is 8.15. The van der Waals surface area contributed by atoms with Gasteiger partial charge in [-0.05, 0) is 43.0 Å². The summed E-state index contributed by atoms with van der Waals surface area (Å²) in [5, 5.41) is 0. The lowest BCUT2D eigenvalue weighted by Gasteiger charge is -2.09. The average Bonchev–Trinajstić information content (AvgIpc) is 1.96. The predicted octanol–water partition coefficient (Wildman–Crippen LogP) is 2.84. The Labute approximate surface area is 74.6 Å². The summed E-state index contributed by atoms with van der Waals surface area (Å²) < 4.78 is 0. The van der Waals surface area contributed by atoms with Gasteiger partial charge in [-0.1, -0.05) is 19.4 Å². The number of hydrogen-bond donors (Lipinski definition) is 1. The van der Waals surface area contributed by atoms with Gasteiger partial charge in [0, 0.05) is 5.69 Å². The third-order valence-corrected chi connectivity index (χ3v) is 2.15. The molecule has 1 nitrogen and oxygen atoms in total. The molecule has 1 heteroatoms. The lowest BCUT2D eigenvalue weighted by atomic mass is 10.00. The fourth-order valence-electron chi connectivity index (χ4n) is 1.62. The number of hydrogen-bond acceptors (Lipinski definition) is 1. The van der Waals surface area contributed by atoms with E-state index in [0.717, 1.165) is 18.5 Å². The van der Waals surface area contributed by atoms with Crippen LogP contribution in [0, 0.1) is 13.8 Å². The summed E-state index contributed by atoms with van der Waals surface area (Å²) in [6, 6.07) is 4.25. The summed E-state index contributed by atoms with van der Waals surface area (Å²) in [5.41, 5.74) is 10.8. The summed E-state index contributed by atoms with van der Waals surface area (Å²) in [5.74, 6) is 0. The van der Waals surface area contributed by atoms with E-state index in [-0.39, 0.29) is 0 Å². The lowest BCUT2D eigenvalue weighted by molar-refractivity contribution is 0.914. The molecule has 0 aliphatic carbocycles. The normalized spacial score (nSPS) is 10.2. The first-order valence-corrected chi connectivity index (χ1v) is 4.50. The number of rotatable bonds is 2. The van der Waals surface area contributed by atoms with Crippen LogP contribution in [0.5, 0.6) is 0 Å². The maximum Gasteiger partial charge on any atom is 0.0351 e. The van der Waals surface area contributed by atoms with Gasteiger partial charge >= 0.3 is 0 Å². The highest BCUT2D eigenvalue weighted by Crippen LogP contribution is 2.20. The summed E-state index contributed by atoms with van der Waals surface area (Å²) in [7, 11) is 0. The zero-order valence-corrected chi connectivity index (χ0v) is 8.15. The molecular formula is C11H17N. The van der Waals surface area contributed by atoms with Crippen LogP contribution >= 0.6 is 0 Å². The van der Waals surface area contributed by atoms with Gasteiger partial charge in [-0.2, -0.15) is 0 Å². The molecule has 12 heavy (non-hydrogen) atoms. The molecule has 0 bridgehead atoms. The van der Waals surface area contributed by atoms with Crippen molar-refractivity contribution in [3.05, 3.63) is 28.8 Å². The van der Waals surface area contributed by atoms with Crippen LogP contribution in [-0.2, 0) is 6.42 Å². The van der Waals surface area contributed by atoms with Gasteiger partial charge < -0.3 is 5.73 Å². The quantitative estimate of drug-likeness (QED) is 0.666. The Hall–Kier alpha value is -0.980. The Bertz CT molecular complexity index is 253. The molecule has 0 saturated heterocycles. The molecule has 0 fully saturated rings. The fraction of sp³-hybridized carbons (Fsp3) is 0.455. The van der Waals surface area contributed by atoms with E-state index in [1.807, 2.05) is 0 Å². The van der Waals surface area contributed by atoms with Gasteiger partial charge in [-0.25, -0.2) is 0 Å². The van der Waals surface area contributed by atoms with E-state index in [0.29, 0.717) is 0 Å². The van der Waals surface area contributed by atoms with E-state index in [9.17, 15) is 0 Å². The molecule has 1 aromatic rings. The van der Waals surface area contributed by atoms with Crippen LogP contribution in [0.2, 0.25) is 0 Å². The molecule has 0 aromatic heterocycles. The van der Waals surface area contributed by atoms with Crippen LogP contribution in [0.1, 0.15) is 30.0 Å². The van der Waals surface area contributed by atoms with Crippen LogP contribution in [0.3, 0.4) is 0 Å². The molecule has 0 aliphatic heterocycles. The number of benzene rings is 1. The molecule has 0 spiro atoms. The lowest BCUT2D eigenvalue weighted by Crippen LogP contribution is -1.97. The molecule has 0 aliphatic rings. The minimum absolute atomic E-state index is 0.953. The molecule has 0 saturated carbocycles. The van der Waals surface area contributed by atoms with Crippen molar-refractivity contribution in [2.75, 3.05) is 5.73 Å². The van der Waals surface area contributed by atoms with Crippen molar-refractivity contribution >= 4 is 5.69 Å². The van der Waals surface area contributed by atoms with E-state index in [1.54, 1.807) is 0 Å². The van der Waals surface area contributed by atoms with E-state index in [4.69, 9.17) is 5.73 Å². The monoisotopic (exact) mass is 163 g/mol. The minimum Gasteiger partial charge on any atom is -0.398 e. The van der Waals surface area contributed by atoms with Crippen molar-refractivity contribution in [3.63, 3.8) is 0 Å². The summed E-state index contributed by atoms with van der Waals surface area (Å²) >= 11 is 0. The summed E-state index contributed by atoms with van der Waals surface area (Å²) in [4.78, 5) is 0. The zero-order chi connectivity index (χ0) is 9.14. The van der Waals surface area contributed by atoms with Crippen LogP contribution in [0.25, 0.3) is 0 Å². The average molecular weight is 163 g/mol. The Morgan fingerprint density at radius 3 is 2.42 bits per heavy atom. The van der Waals surface area contributed by atoms with E-state index in [2.05, 4.69) is 32.9 Å². The summed E-state index contributed by atoms with van der Waals surface area (Å²) in [6.07, 6.45) is 2.26. The number of nitrogens with two attached hydrogens (primary N) is 1. The molecule has 0 amide bonds. The highest BCUT2D eigenvalue weighted by molar-refractivity contribution is 5.53. The second-order valence-corrected chi connectivity index (χ2v) is 3.40. The largest absolute Gasteiger partial charge is 0.398 e. The maximum absolute atomic E-state index is 5.91. The van der Waals surface area contributed by atoms with Crippen LogP contribution in [0.15, 0.2) is 12.1 Å². The summed E-state index contributed by atoms with van der Waals surface area (Å²) in [6.45, 7) is 6.40. The van der Waals surface area contributed by atoms with Gasteiger partial charge in [0.1, 0.15) is 0 Å². The molecular weight excluding hydrogens is 146 g/mol. The molecule has 1 aromatic carbocycles. The number of nitrogen functional groups attached to an aromatic ring is 1.